The summed E-state index contributed by atoms with van der Waals surface area (Å²) in [6.07, 6.45) is 15.8. The lowest BCUT2D eigenvalue weighted by atomic mass is 9.90. The van der Waals surface area contributed by atoms with E-state index >= 15 is 0 Å². The van der Waals surface area contributed by atoms with Crippen LogP contribution in [0.3, 0.4) is 0 Å². The highest BCUT2D eigenvalue weighted by Gasteiger charge is 2.17. The van der Waals surface area contributed by atoms with Crippen LogP contribution in [-0.2, 0) is 10.0 Å². The first-order valence-electron chi connectivity index (χ1n) is 9.32. The predicted octanol–water partition coefficient (Wildman–Crippen LogP) is 5.11. The average molecular weight is 343 g/mol. The van der Waals surface area contributed by atoms with Gasteiger partial charge in [-0.1, -0.05) is 65.2 Å². The molecule has 0 fully saturated rings. The van der Waals surface area contributed by atoms with Crippen molar-refractivity contribution in [1.82, 2.24) is 9.19 Å². The van der Waals surface area contributed by atoms with Crippen LogP contribution in [0.25, 0.3) is 0 Å². The fourth-order valence-corrected chi connectivity index (χ4v) is 3.66. The highest BCUT2D eigenvalue weighted by Crippen LogP contribution is 2.28. The summed E-state index contributed by atoms with van der Waals surface area (Å²) in [5.41, 5.74) is 1.09. The normalized spacial score (nSPS) is 12.2. The van der Waals surface area contributed by atoms with Gasteiger partial charge in [0.15, 0.2) is 0 Å². The van der Waals surface area contributed by atoms with Crippen molar-refractivity contribution in [3.05, 3.63) is 18.0 Å². The van der Waals surface area contributed by atoms with E-state index in [9.17, 15) is 8.42 Å². The summed E-state index contributed by atoms with van der Waals surface area (Å²) < 4.78 is 25.0. The zero-order chi connectivity index (χ0) is 17.1. The van der Waals surface area contributed by atoms with E-state index in [1.54, 1.807) is 19.3 Å². The van der Waals surface area contributed by atoms with Gasteiger partial charge in [-0.3, -0.25) is 0 Å². The van der Waals surface area contributed by atoms with Crippen molar-refractivity contribution in [2.75, 3.05) is 5.75 Å². The van der Waals surface area contributed by atoms with Gasteiger partial charge in [0.1, 0.15) is 0 Å². The van der Waals surface area contributed by atoms with Gasteiger partial charge in [0.05, 0.1) is 11.9 Å². The van der Waals surface area contributed by atoms with Gasteiger partial charge in [0, 0.05) is 6.20 Å². The molecule has 0 bridgehead atoms. The first-order chi connectivity index (χ1) is 11.0. The van der Waals surface area contributed by atoms with Gasteiger partial charge in [0.2, 0.25) is 0 Å². The molecule has 0 unspecified atom stereocenters. The molecule has 5 heteroatoms. The third-order valence-electron chi connectivity index (χ3n) is 4.51. The highest BCUT2D eigenvalue weighted by molar-refractivity contribution is 7.89. The van der Waals surface area contributed by atoms with E-state index < -0.39 is 10.0 Å². The van der Waals surface area contributed by atoms with Gasteiger partial charge < -0.3 is 0 Å². The van der Waals surface area contributed by atoms with Crippen LogP contribution in [0, 0.1) is 0 Å². The Morgan fingerprint density at radius 1 is 0.957 bits per heavy atom. The van der Waals surface area contributed by atoms with Crippen molar-refractivity contribution in [3.8, 4) is 0 Å². The molecule has 1 aromatic heterocycles. The van der Waals surface area contributed by atoms with Crippen molar-refractivity contribution >= 4 is 10.0 Å². The highest BCUT2D eigenvalue weighted by atomic mass is 32.2. The molecule has 0 radical (unpaired) electrons. The third kappa shape index (κ3) is 7.06. The van der Waals surface area contributed by atoms with Crippen molar-refractivity contribution in [3.63, 3.8) is 0 Å². The molecule has 0 aliphatic carbocycles. The maximum Gasteiger partial charge on any atom is 0.253 e. The molecular weight excluding hydrogens is 308 g/mol. The van der Waals surface area contributed by atoms with E-state index in [0.29, 0.717) is 5.92 Å². The Bertz CT molecular complexity index is 511. The predicted molar refractivity (Wildman–Crippen MR) is 97.3 cm³/mol. The van der Waals surface area contributed by atoms with Crippen LogP contribution in [0.1, 0.15) is 96.5 Å². The number of rotatable bonds is 13. The molecule has 4 nitrogen and oxygen atoms in total. The van der Waals surface area contributed by atoms with E-state index in [0.717, 1.165) is 22.5 Å². The Hall–Kier alpha value is -0.840. The molecule has 0 amide bonds. The average Bonchev–Trinajstić information content (AvgIpc) is 3.04. The number of nitrogens with zero attached hydrogens (tertiary/aromatic N) is 2. The first-order valence-corrected chi connectivity index (χ1v) is 10.9. The molecule has 0 saturated heterocycles. The van der Waals surface area contributed by atoms with Gasteiger partial charge in [0.25, 0.3) is 10.0 Å². The van der Waals surface area contributed by atoms with Crippen LogP contribution in [-0.4, -0.2) is 23.4 Å². The van der Waals surface area contributed by atoms with Gasteiger partial charge in [-0.15, -0.1) is 0 Å². The van der Waals surface area contributed by atoms with Crippen molar-refractivity contribution in [1.29, 1.82) is 0 Å². The van der Waals surface area contributed by atoms with E-state index in [1.165, 1.54) is 51.4 Å². The lowest BCUT2D eigenvalue weighted by Crippen LogP contribution is -2.15. The molecule has 134 valence electrons. The van der Waals surface area contributed by atoms with Crippen LogP contribution in [0.2, 0.25) is 0 Å². The quantitative estimate of drug-likeness (QED) is 0.468. The largest absolute Gasteiger partial charge is 0.253 e. The molecule has 0 spiro atoms. The zero-order valence-corrected chi connectivity index (χ0v) is 15.9. The summed E-state index contributed by atoms with van der Waals surface area (Å²) in [5.74, 6) is 0.538. The Morgan fingerprint density at radius 2 is 1.52 bits per heavy atom. The molecule has 0 saturated carbocycles. The number of aromatic nitrogens is 2. The second-order valence-corrected chi connectivity index (χ2v) is 8.56. The molecule has 1 aromatic rings. The lowest BCUT2D eigenvalue weighted by Gasteiger charge is -2.15. The van der Waals surface area contributed by atoms with Crippen LogP contribution >= 0.6 is 0 Å². The van der Waals surface area contributed by atoms with Crippen LogP contribution in [0.15, 0.2) is 12.4 Å². The smallest absolute Gasteiger partial charge is 0.205 e. The monoisotopic (exact) mass is 342 g/mol. The maximum atomic E-state index is 11.9. The summed E-state index contributed by atoms with van der Waals surface area (Å²) in [6, 6.07) is 0. The summed E-state index contributed by atoms with van der Waals surface area (Å²) in [7, 11) is -3.26. The fraction of sp³-hybridized carbons (Fsp3) is 0.833. The fourth-order valence-electron chi connectivity index (χ4n) is 2.93. The minimum absolute atomic E-state index is 0.0891. The van der Waals surface area contributed by atoms with Crippen LogP contribution in [0.5, 0.6) is 0 Å². The minimum Gasteiger partial charge on any atom is -0.205 e. The number of hydrogen-bond donors (Lipinski definition) is 0. The summed E-state index contributed by atoms with van der Waals surface area (Å²) in [6.45, 7) is 6.10. The van der Waals surface area contributed by atoms with E-state index in [1.807, 2.05) is 0 Å². The summed E-state index contributed by atoms with van der Waals surface area (Å²) >= 11 is 0. The van der Waals surface area contributed by atoms with Gasteiger partial charge in [-0.2, -0.15) is 9.19 Å². The van der Waals surface area contributed by atoms with Gasteiger partial charge in [-0.25, -0.2) is 8.42 Å². The Morgan fingerprint density at radius 3 is 2.00 bits per heavy atom. The van der Waals surface area contributed by atoms with E-state index in [-0.39, 0.29) is 5.75 Å². The molecule has 0 aliphatic rings. The Balaban J connectivity index is 2.69. The van der Waals surface area contributed by atoms with Crippen LogP contribution < -0.4 is 0 Å². The molecular formula is C18H34N2O2S. The summed E-state index contributed by atoms with van der Waals surface area (Å²) in [4.78, 5) is 0. The van der Waals surface area contributed by atoms with E-state index in [2.05, 4.69) is 18.9 Å². The number of hydrogen-bond acceptors (Lipinski definition) is 3. The molecule has 1 rings (SSSR count). The number of unbranched alkanes of at least 4 members (excludes halogenated alkanes) is 6. The second kappa shape index (κ2) is 10.8. The van der Waals surface area contributed by atoms with Crippen molar-refractivity contribution < 1.29 is 8.42 Å². The van der Waals surface area contributed by atoms with Gasteiger partial charge >= 0.3 is 0 Å². The molecule has 1 heterocycles. The molecule has 0 aromatic carbocycles. The minimum atomic E-state index is -3.26. The Kier molecular flexibility index (Phi) is 9.53. The standard InChI is InChI=1S/C18H34N2O2S/c1-4-7-9-11-13-17(14-12-10-8-5-2)18-15-19-20(16-18)23(21,22)6-3/h15-17H,4-14H2,1-3H3. The molecule has 0 atom stereocenters. The maximum absolute atomic E-state index is 11.9. The lowest BCUT2D eigenvalue weighted by molar-refractivity contribution is 0.496. The third-order valence-corrected chi connectivity index (χ3v) is 6.01. The van der Waals surface area contributed by atoms with Crippen molar-refractivity contribution in [2.45, 2.75) is 90.9 Å². The molecule has 23 heavy (non-hydrogen) atoms. The van der Waals surface area contributed by atoms with Crippen molar-refractivity contribution in [2.24, 2.45) is 0 Å². The first kappa shape index (κ1) is 20.2. The van der Waals surface area contributed by atoms with Crippen LogP contribution in [0.4, 0.5) is 0 Å². The Labute approximate surface area is 142 Å². The summed E-state index contributed by atoms with van der Waals surface area (Å²) in [5, 5.41) is 4.10. The van der Waals surface area contributed by atoms with E-state index in [4.69, 9.17) is 0 Å². The molecule has 0 N–H and O–H groups in total. The topological polar surface area (TPSA) is 52.0 Å². The second-order valence-electron chi connectivity index (χ2n) is 6.44. The molecule has 0 aliphatic heterocycles. The SMILES string of the molecule is CCCCCCC(CCCCCC)c1cnn(S(=O)(=O)CC)c1. The van der Waals surface area contributed by atoms with Gasteiger partial charge in [-0.05, 0) is 31.2 Å². The zero-order valence-electron chi connectivity index (χ0n) is 15.1.